The van der Waals surface area contributed by atoms with Gasteiger partial charge in [-0.05, 0) is 29.6 Å². The van der Waals surface area contributed by atoms with Crippen LogP contribution < -0.4 is 16.8 Å². The highest BCUT2D eigenvalue weighted by Crippen LogP contribution is 2.29. The van der Waals surface area contributed by atoms with Crippen molar-refractivity contribution in [1.29, 1.82) is 0 Å². The van der Waals surface area contributed by atoms with E-state index >= 15 is 0 Å². The Hall–Kier alpha value is -3.60. The number of carbonyl (C=O) groups excluding carboxylic acids is 3. The number of nitrogens with one attached hydrogen (secondary N) is 1. The Labute approximate surface area is 160 Å². The summed E-state index contributed by atoms with van der Waals surface area (Å²) in [5, 5.41) is 7.89. The number of thiophene rings is 1. The number of aromatic nitrogens is 2. The second kappa shape index (κ2) is 7.56. The van der Waals surface area contributed by atoms with Gasteiger partial charge in [-0.3, -0.25) is 14.4 Å². The molecule has 0 aliphatic heterocycles. The summed E-state index contributed by atoms with van der Waals surface area (Å²) >= 11 is 1.31. The second-order valence-electron chi connectivity index (χ2n) is 5.61. The van der Waals surface area contributed by atoms with Gasteiger partial charge in [0.1, 0.15) is 11.5 Å². The molecule has 0 fully saturated rings. The highest BCUT2D eigenvalue weighted by molar-refractivity contribution is 7.13. The molecule has 144 valence electrons. The third-order valence-corrected chi connectivity index (χ3v) is 4.59. The molecule has 3 rings (SSSR count). The predicted molar refractivity (Wildman–Crippen MR) is 96.4 cm³/mol. The van der Waals surface area contributed by atoms with Crippen molar-refractivity contribution < 1.29 is 23.2 Å². The zero-order valence-corrected chi connectivity index (χ0v) is 14.9. The van der Waals surface area contributed by atoms with Gasteiger partial charge in [-0.15, -0.1) is 11.3 Å². The van der Waals surface area contributed by atoms with Crippen LogP contribution in [0, 0.1) is 11.6 Å². The van der Waals surface area contributed by atoms with Crippen molar-refractivity contribution in [3.8, 4) is 16.3 Å². The van der Waals surface area contributed by atoms with Crippen molar-refractivity contribution in [3.05, 3.63) is 59.1 Å². The normalized spacial score (nSPS) is 10.8. The van der Waals surface area contributed by atoms with Crippen molar-refractivity contribution in [2.24, 2.45) is 11.5 Å². The fourth-order valence-corrected chi connectivity index (χ4v) is 3.14. The van der Waals surface area contributed by atoms with Gasteiger partial charge < -0.3 is 16.8 Å². The minimum Gasteiger partial charge on any atom is -0.367 e. The molecule has 0 unspecified atom stereocenters. The van der Waals surface area contributed by atoms with Crippen LogP contribution in [0.25, 0.3) is 16.3 Å². The first-order valence-corrected chi connectivity index (χ1v) is 8.64. The van der Waals surface area contributed by atoms with Gasteiger partial charge in [0, 0.05) is 6.07 Å². The van der Waals surface area contributed by atoms with Crippen LogP contribution in [0.1, 0.15) is 10.5 Å². The van der Waals surface area contributed by atoms with Crippen LogP contribution in [0.3, 0.4) is 0 Å². The molecule has 8 nitrogen and oxygen atoms in total. The van der Waals surface area contributed by atoms with Crippen LogP contribution in [-0.4, -0.2) is 33.5 Å². The summed E-state index contributed by atoms with van der Waals surface area (Å²) in [5.74, 6) is -4.84. The number of benzene rings is 1. The molecule has 0 saturated carbocycles. The Kier molecular flexibility index (Phi) is 5.18. The maximum atomic E-state index is 14.3. The summed E-state index contributed by atoms with van der Waals surface area (Å²) < 4.78 is 28.6. The van der Waals surface area contributed by atoms with Crippen LogP contribution in [0.5, 0.6) is 0 Å². The highest BCUT2D eigenvalue weighted by atomic mass is 32.1. The molecule has 0 saturated heterocycles. The molecule has 0 aliphatic carbocycles. The van der Waals surface area contributed by atoms with E-state index in [2.05, 4.69) is 10.4 Å². The zero-order valence-electron chi connectivity index (χ0n) is 14.1. The van der Waals surface area contributed by atoms with Crippen molar-refractivity contribution in [3.63, 3.8) is 0 Å². The third-order valence-electron chi connectivity index (χ3n) is 3.70. The Morgan fingerprint density at radius 1 is 1.11 bits per heavy atom. The minimum atomic E-state index is -1.73. The first kappa shape index (κ1) is 19.2. The van der Waals surface area contributed by atoms with Gasteiger partial charge in [0.2, 0.25) is 11.8 Å². The lowest BCUT2D eigenvalue weighted by Crippen LogP contribution is -2.52. The van der Waals surface area contributed by atoms with Crippen molar-refractivity contribution in [1.82, 2.24) is 15.1 Å². The standard InChI is InChI=1S/C17H13F2N5O3S/c18-8-3-4-11(9(19)6-8)24-12(13-2-1-5-28-13)7-10(23-24)17(27)22-14(15(20)25)16(21)26/h1-7,14H,(H2,20,25)(H2,21,26)(H,22,27). The van der Waals surface area contributed by atoms with E-state index in [1.165, 1.54) is 23.5 Å². The summed E-state index contributed by atoms with van der Waals surface area (Å²) in [6.45, 7) is 0. The van der Waals surface area contributed by atoms with Gasteiger partial charge in [0.25, 0.3) is 5.91 Å². The lowest BCUT2D eigenvalue weighted by Gasteiger charge is -2.10. The molecule has 11 heteroatoms. The maximum Gasteiger partial charge on any atom is 0.272 e. The van der Waals surface area contributed by atoms with Crippen molar-refractivity contribution in [2.75, 3.05) is 0 Å². The minimum absolute atomic E-state index is 0.0924. The number of hydrogen-bond acceptors (Lipinski definition) is 5. The number of amides is 3. The molecular weight excluding hydrogens is 392 g/mol. The topological polar surface area (TPSA) is 133 Å². The molecule has 0 radical (unpaired) electrons. The molecular formula is C17H13F2N5O3S. The van der Waals surface area contributed by atoms with Crippen LogP contribution in [0.15, 0.2) is 41.8 Å². The van der Waals surface area contributed by atoms with Gasteiger partial charge in [0.15, 0.2) is 17.6 Å². The highest BCUT2D eigenvalue weighted by Gasteiger charge is 2.27. The van der Waals surface area contributed by atoms with Crippen molar-refractivity contribution >= 4 is 29.1 Å². The van der Waals surface area contributed by atoms with Crippen LogP contribution in [0.2, 0.25) is 0 Å². The number of nitrogens with zero attached hydrogens (tertiary/aromatic N) is 2. The van der Waals surface area contributed by atoms with E-state index in [-0.39, 0.29) is 11.4 Å². The first-order valence-electron chi connectivity index (χ1n) is 7.77. The zero-order chi connectivity index (χ0) is 20.4. The number of rotatable bonds is 6. The lowest BCUT2D eigenvalue weighted by atomic mass is 10.2. The van der Waals surface area contributed by atoms with E-state index in [4.69, 9.17) is 11.5 Å². The largest absolute Gasteiger partial charge is 0.367 e. The fraction of sp³-hybridized carbons (Fsp3) is 0.0588. The van der Waals surface area contributed by atoms with Crippen molar-refractivity contribution in [2.45, 2.75) is 6.04 Å². The molecule has 1 aromatic carbocycles. The van der Waals surface area contributed by atoms with Gasteiger partial charge in [0.05, 0.1) is 10.6 Å². The monoisotopic (exact) mass is 405 g/mol. The fourth-order valence-electron chi connectivity index (χ4n) is 2.42. The number of nitrogens with two attached hydrogens (primary N) is 2. The van der Waals surface area contributed by atoms with Gasteiger partial charge in [-0.2, -0.15) is 5.10 Å². The van der Waals surface area contributed by atoms with E-state index in [0.717, 1.165) is 10.7 Å². The van der Waals surface area contributed by atoms with E-state index in [0.29, 0.717) is 16.6 Å². The summed E-state index contributed by atoms with van der Waals surface area (Å²) in [7, 11) is 0. The summed E-state index contributed by atoms with van der Waals surface area (Å²) in [5.41, 5.74) is 10.1. The molecule has 0 aliphatic rings. The van der Waals surface area contributed by atoms with Crippen LogP contribution in [0.4, 0.5) is 8.78 Å². The number of hydrogen-bond donors (Lipinski definition) is 3. The molecule has 3 aromatic rings. The van der Waals surface area contributed by atoms with E-state index in [1.54, 1.807) is 17.5 Å². The van der Waals surface area contributed by atoms with Crippen LogP contribution in [-0.2, 0) is 9.59 Å². The number of halogens is 2. The number of carbonyl (C=O) groups is 3. The average Bonchev–Trinajstić information content (AvgIpc) is 3.28. The molecule has 28 heavy (non-hydrogen) atoms. The Morgan fingerprint density at radius 3 is 2.39 bits per heavy atom. The van der Waals surface area contributed by atoms with Gasteiger partial charge in [-0.25, -0.2) is 13.5 Å². The second-order valence-corrected chi connectivity index (χ2v) is 6.56. The Balaban J connectivity index is 2.06. The average molecular weight is 405 g/mol. The summed E-state index contributed by atoms with van der Waals surface area (Å²) in [6.07, 6.45) is 0. The van der Waals surface area contributed by atoms with Gasteiger partial charge in [-0.1, -0.05) is 6.07 Å². The molecule has 2 aromatic heterocycles. The third kappa shape index (κ3) is 3.74. The van der Waals surface area contributed by atoms with Crippen LogP contribution >= 0.6 is 11.3 Å². The van der Waals surface area contributed by atoms with Gasteiger partial charge >= 0.3 is 0 Å². The summed E-state index contributed by atoms with van der Waals surface area (Å²) in [4.78, 5) is 35.6. The molecule has 0 bridgehead atoms. The molecule has 0 atom stereocenters. The molecule has 0 spiro atoms. The van der Waals surface area contributed by atoms with E-state index in [1.807, 2.05) is 0 Å². The smallest absolute Gasteiger partial charge is 0.272 e. The number of primary amides is 2. The first-order chi connectivity index (χ1) is 13.3. The molecule has 2 heterocycles. The Morgan fingerprint density at radius 2 is 1.82 bits per heavy atom. The van der Waals surface area contributed by atoms with E-state index < -0.39 is 35.4 Å². The quantitative estimate of drug-likeness (QED) is 0.527. The predicted octanol–water partition coefficient (Wildman–Crippen LogP) is 0.948. The molecule has 3 amide bonds. The maximum absolute atomic E-state index is 14.3. The SMILES string of the molecule is NC(=O)C(NC(=O)c1cc(-c2cccs2)n(-c2ccc(F)cc2F)n1)C(N)=O. The Bertz CT molecular complexity index is 1050. The summed E-state index contributed by atoms with van der Waals surface area (Å²) in [6, 6.07) is 5.98. The molecule has 5 N–H and O–H groups in total. The van der Waals surface area contributed by atoms with E-state index in [9.17, 15) is 23.2 Å². The lowest BCUT2D eigenvalue weighted by molar-refractivity contribution is -0.128.